The van der Waals surface area contributed by atoms with Gasteiger partial charge < -0.3 is 4.74 Å². The summed E-state index contributed by atoms with van der Waals surface area (Å²) in [6.45, 7) is 1.81. The third kappa shape index (κ3) is 4.34. The molecule has 1 amide bonds. The van der Waals surface area contributed by atoms with Gasteiger partial charge in [0.25, 0.3) is 5.91 Å². The number of hydrogen-bond donors (Lipinski definition) is 1. The number of pyridine rings is 1. The van der Waals surface area contributed by atoms with Crippen LogP contribution in [0.4, 0.5) is 5.13 Å². The van der Waals surface area contributed by atoms with Crippen LogP contribution in [-0.2, 0) is 9.84 Å². The molecule has 11 heteroatoms. The minimum atomic E-state index is -3.15. The molecule has 1 unspecified atom stereocenters. The number of para-hydroxylation sites is 1. The van der Waals surface area contributed by atoms with Gasteiger partial charge in [-0.1, -0.05) is 35.6 Å². The van der Waals surface area contributed by atoms with E-state index >= 15 is 0 Å². The van der Waals surface area contributed by atoms with Gasteiger partial charge in [0.1, 0.15) is 5.75 Å². The molecule has 1 aliphatic heterocycles. The summed E-state index contributed by atoms with van der Waals surface area (Å²) in [5.41, 5.74) is 3.62. The van der Waals surface area contributed by atoms with Gasteiger partial charge in [-0.3, -0.25) is 10.1 Å². The zero-order valence-corrected chi connectivity index (χ0v) is 21.8. The summed E-state index contributed by atoms with van der Waals surface area (Å²) in [7, 11) is -1.56. The van der Waals surface area contributed by atoms with Crippen LogP contribution in [0.5, 0.6) is 5.75 Å². The van der Waals surface area contributed by atoms with Crippen molar-refractivity contribution < 1.29 is 17.9 Å². The van der Waals surface area contributed by atoms with Gasteiger partial charge in [-0.05, 0) is 43.7 Å². The molecule has 9 nitrogen and oxygen atoms in total. The van der Waals surface area contributed by atoms with Crippen LogP contribution < -0.4 is 10.1 Å². The highest BCUT2D eigenvalue weighted by Gasteiger charge is 2.32. The van der Waals surface area contributed by atoms with Crippen LogP contribution >= 0.6 is 11.3 Å². The Kier molecular flexibility index (Phi) is 5.68. The van der Waals surface area contributed by atoms with Gasteiger partial charge in [-0.15, -0.1) is 0 Å². The summed E-state index contributed by atoms with van der Waals surface area (Å²) in [6, 6.07) is 16.5. The maximum atomic E-state index is 13.7. The number of carbonyl (C=O) groups is 1. The maximum Gasteiger partial charge on any atom is 0.258 e. The Morgan fingerprint density at radius 2 is 1.97 bits per heavy atom. The minimum absolute atomic E-state index is 0.00151. The summed E-state index contributed by atoms with van der Waals surface area (Å²) in [4.78, 5) is 23.1. The molecular formula is C26H23N5O4S2. The molecule has 0 radical (unpaired) electrons. The van der Waals surface area contributed by atoms with Crippen LogP contribution in [0.3, 0.4) is 0 Å². The molecule has 1 saturated heterocycles. The van der Waals surface area contributed by atoms with Gasteiger partial charge in [0.2, 0.25) is 0 Å². The normalized spacial score (nSPS) is 16.9. The number of nitrogens with one attached hydrogen (secondary N) is 1. The summed E-state index contributed by atoms with van der Waals surface area (Å²) >= 11 is 1.40. The van der Waals surface area contributed by atoms with Gasteiger partial charge in [0.15, 0.2) is 20.6 Å². The van der Waals surface area contributed by atoms with Crippen molar-refractivity contribution in [1.82, 2.24) is 19.7 Å². The fraction of sp³-hybridized carbons (Fsp3) is 0.231. The molecular weight excluding hydrogens is 510 g/mol. The fourth-order valence-electron chi connectivity index (χ4n) is 4.74. The first kappa shape index (κ1) is 23.6. The first-order valence-electron chi connectivity index (χ1n) is 11.7. The van der Waals surface area contributed by atoms with Crippen LogP contribution in [0.1, 0.15) is 28.5 Å². The first-order valence-corrected chi connectivity index (χ1v) is 14.4. The van der Waals surface area contributed by atoms with Crippen molar-refractivity contribution in [2.75, 3.05) is 23.9 Å². The van der Waals surface area contributed by atoms with Gasteiger partial charge in [0.05, 0.1) is 57.2 Å². The van der Waals surface area contributed by atoms with E-state index in [0.717, 1.165) is 15.8 Å². The van der Waals surface area contributed by atoms with E-state index < -0.39 is 9.84 Å². The number of anilines is 1. The molecule has 37 heavy (non-hydrogen) atoms. The largest absolute Gasteiger partial charge is 0.497 e. The predicted molar refractivity (Wildman–Crippen MR) is 144 cm³/mol. The van der Waals surface area contributed by atoms with Crippen molar-refractivity contribution in [1.29, 1.82) is 0 Å². The van der Waals surface area contributed by atoms with Crippen LogP contribution in [0.2, 0.25) is 0 Å². The Balaban J connectivity index is 1.50. The predicted octanol–water partition coefficient (Wildman–Crippen LogP) is 4.64. The number of rotatable bonds is 5. The lowest BCUT2D eigenvalue weighted by Crippen LogP contribution is -2.15. The van der Waals surface area contributed by atoms with Crippen LogP contribution in [0, 0.1) is 6.92 Å². The Bertz CT molecular complexity index is 1760. The van der Waals surface area contributed by atoms with E-state index in [0.29, 0.717) is 45.3 Å². The number of thiazole rings is 1. The van der Waals surface area contributed by atoms with Gasteiger partial charge in [0, 0.05) is 5.56 Å². The van der Waals surface area contributed by atoms with Crippen LogP contribution in [-0.4, -0.2) is 52.7 Å². The molecule has 2 aromatic carbocycles. The Morgan fingerprint density at radius 3 is 2.73 bits per heavy atom. The molecule has 1 atom stereocenters. The number of carbonyl (C=O) groups excluding carboxylic acids is 1. The second-order valence-corrected chi connectivity index (χ2v) is 12.3. The first-order chi connectivity index (χ1) is 17.8. The molecule has 0 spiro atoms. The Hall–Kier alpha value is -3.83. The van der Waals surface area contributed by atoms with Crippen molar-refractivity contribution in [3.8, 4) is 17.0 Å². The molecule has 0 aliphatic carbocycles. The topological polar surface area (TPSA) is 116 Å². The number of nitrogens with zero attached hydrogens (tertiary/aromatic N) is 4. The van der Waals surface area contributed by atoms with Crippen molar-refractivity contribution in [3.63, 3.8) is 0 Å². The van der Waals surface area contributed by atoms with E-state index in [4.69, 9.17) is 9.72 Å². The summed E-state index contributed by atoms with van der Waals surface area (Å²) < 4.78 is 32.5. The molecule has 1 aliphatic rings. The number of ether oxygens (including phenoxy) is 1. The second-order valence-electron chi connectivity index (χ2n) is 9.01. The molecule has 1 N–H and O–H groups in total. The highest BCUT2D eigenvalue weighted by molar-refractivity contribution is 7.91. The highest BCUT2D eigenvalue weighted by atomic mass is 32.2. The van der Waals surface area contributed by atoms with Gasteiger partial charge in [-0.2, -0.15) is 5.10 Å². The third-order valence-electron chi connectivity index (χ3n) is 6.52. The summed E-state index contributed by atoms with van der Waals surface area (Å²) in [6.07, 6.45) is 0.455. The lowest BCUT2D eigenvalue weighted by molar-refractivity contribution is 0.102. The van der Waals surface area contributed by atoms with Gasteiger partial charge >= 0.3 is 0 Å². The second kappa shape index (κ2) is 8.93. The number of amides is 1. The fourth-order valence-corrected chi connectivity index (χ4v) is 7.29. The van der Waals surface area contributed by atoms with Crippen molar-refractivity contribution in [2.45, 2.75) is 19.4 Å². The molecule has 0 bridgehead atoms. The SMILES string of the molecule is COc1cccc(-c2cc(C(=O)Nc3nc4ccccc4s3)c3c(C)nn(C4CCS(=O)(=O)C4)c3n2)c1. The number of aryl methyl sites for hydroxylation is 1. The molecule has 4 heterocycles. The number of benzene rings is 2. The van der Waals surface area contributed by atoms with Crippen LogP contribution in [0.25, 0.3) is 32.5 Å². The lowest BCUT2D eigenvalue weighted by Gasteiger charge is -2.12. The average Bonchev–Trinajstić information content (AvgIpc) is 3.57. The average molecular weight is 534 g/mol. The van der Waals surface area contributed by atoms with Gasteiger partial charge in [-0.25, -0.2) is 23.1 Å². The monoisotopic (exact) mass is 533 g/mol. The molecule has 3 aromatic heterocycles. The standard InChI is InChI=1S/C26H23N5O4S2/c1-15-23-19(25(32)29-26-28-20-8-3-4-9-22(20)36-26)13-21(16-6-5-7-18(12-16)35-2)27-24(23)31(30-15)17-10-11-37(33,34)14-17/h3-9,12-13,17H,10-11,14H2,1-2H3,(H,28,29,32). The van der Waals surface area contributed by atoms with E-state index in [1.54, 1.807) is 17.9 Å². The zero-order valence-electron chi connectivity index (χ0n) is 20.1. The molecule has 188 valence electrons. The van der Waals surface area contributed by atoms with E-state index in [1.165, 1.54) is 11.3 Å². The maximum absolute atomic E-state index is 13.7. The van der Waals surface area contributed by atoms with Crippen LogP contribution in [0.15, 0.2) is 54.6 Å². The van der Waals surface area contributed by atoms with E-state index in [-0.39, 0.29) is 23.5 Å². The zero-order chi connectivity index (χ0) is 25.7. The number of fused-ring (bicyclic) bond motifs is 2. The Labute approximate surface area is 217 Å². The number of aromatic nitrogens is 4. The smallest absolute Gasteiger partial charge is 0.258 e. The molecule has 0 saturated carbocycles. The summed E-state index contributed by atoms with van der Waals surface area (Å²) in [5.74, 6) is 0.434. The van der Waals surface area contributed by atoms with E-state index in [1.807, 2.05) is 55.5 Å². The van der Waals surface area contributed by atoms with E-state index in [9.17, 15) is 13.2 Å². The number of methoxy groups -OCH3 is 1. The lowest BCUT2D eigenvalue weighted by atomic mass is 10.0. The highest BCUT2D eigenvalue weighted by Crippen LogP contribution is 2.34. The van der Waals surface area contributed by atoms with Crippen molar-refractivity contribution >= 4 is 53.5 Å². The quantitative estimate of drug-likeness (QED) is 0.350. The van der Waals surface area contributed by atoms with Crippen molar-refractivity contribution in [3.05, 3.63) is 65.9 Å². The molecule has 1 fully saturated rings. The number of sulfone groups is 1. The van der Waals surface area contributed by atoms with Crippen molar-refractivity contribution in [2.24, 2.45) is 0 Å². The van der Waals surface area contributed by atoms with E-state index in [2.05, 4.69) is 15.4 Å². The molecule has 6 rings (SSSR count). The number of hydrogen-bond acceptors (Lipinski definition) is 8. The summed E-state index contributed by atoms with van der Waals surface area (Å²) in [5, 5.41) is 8.69. The third-order valence-corrected chi connectivity index (χ3v) is 9.22. The minimum Gasteiger partial charge on any atom is -0.497 e. The molecule has 5 aromatic rings. The Morgan fingerprint density at radius 1 is 1.14 bits per heavy atom.